The lowest BCUT2D eigenvalue weighted by molar-refractivity contribution is 0.891. The average molecular weight is 231 g/mol. The Morgan fingerprint density at radius 3 is 2.31 bits per heavy atom. The lowest BCUT2D eigenvalue weighted by Crippen LogP contribution is -2.09. The number of thiophene rings is 1. The van der Waals surface area contributed by atoms with Crippen LogP contribution in [0.5, 0.6) is 0 Å². The molecule has 2 rings (SSSR count). The van der Waals surface area contributed by atoms with Crippen molar-refractivity contribution in [1.82, 2.24) is 0 Å². The molecular formula is C14H17NS. The summed E-state index contributed by atoms with van der Waals surface area (Å²) in [6.07, 6.45) is 1.08. The van der Waals surface area contributed by atoms with Crippen LogP contribution in [0.3, 0.4) is 0 Å². The standard InChI is InChI=1S/C14H17NS/c1-3-11-5-7-12(8-6-11)14(15)13-9-4-10(2)16-13/h4-9,14H,3,15H2,1-2H3. The van der Waals surface area contributed by atoms with Crippen LogP contribution in [0.4, 0.5) is 0 Å². The summed E-state index contributed by atoms with van der Waals surface area (Å²) in [7, 11) is 0. The first-order valence-corrected chi connectivity index (χ1v) is 6.43. The van der Waals surface area contributed by atoms with Gasteiger partial charge in [-0.2, -0.15) is 0 Å². The van der Waals surface area contributed by atoms with Crippen molar-refractivity contribution in [3.63, 3.8) is 0 Å². The number of hydrogen-bond acceptors (Lipinski definition) is 2. The molecule has 1 heterocycles. The van der Waals surface area contributed by atoms with Crippen LogP contribution in [0, 0.1) is 6.92 Å². The Kier molecular flexibility index (Phi) is 3.42. The third kappa shape index (κ3) is 2.34. The summed E-state index contributed by atoms with van der Waals surface area (Å²) in [5.41, 5.74) is 8.78. The Morgan fingerprint density at radius 2 is 1.81 bits per heavy atom. The molecule has 2 aromatic rings. The topological polar surface area (TPSA) is 26.0 Å². The van der Waals surface area contributed by atoms with E-state index in [1.165, 1.54) is 20.9 Å². The highest BCUT2D eigenvalue weighted by Gasteiger charge is 2.10. The van der Waals surface area contributed by atoms with Crippen molar-refractivity contribution in [2.75, 3.05) is 0 Å². The van der Waals surface area contributed by atoms with Crippen LogP contribution in [0.2, 0.25) is 0 Å². The molecule has 84 valence electrons. The Balaban J connectivity index is 2.23. The first-order chi connectivity index (χ1) is 7.70. The zero-order chi connectivity index (χ0) is 11.5. The second-order valence-corrected chi connectivity index (χ2v) is 5.34. The maximum atomic E-state index is 6.23. The van der Waals surface area contributed by atoms with E-state index < -0.39 is 0 Å². The van der Waals surface area contributed by atoms with Crippen LogP contribution >= 0.6 is 11.3 Å². The van der Waals surface area contributed by atoms with Gasteiger partial charge in [-0.15, -0.1) is 11.3 Å². The molecule has 2 N–H and O–H groups in total. The van der Waals surface area contributed by atoms with E-state index in [-0.39, 0.29) is 6.04 Å². The molecule has 0 aliphatic rings. The molecule has 16 heavy (non-hydrogen) atoms. The van der Waals surface area contributed by atoms with Gasteiger partial charge in [-0.05, 0) is 36.6 Å². The van der Waals surface area contributed by atoms with E-state index in [1.807, 2.05) is 0 Å². The van der Waals surface area contributed by atoms with Crippen LogP contribution in [-0.2, 0) is 6.42 Å². The van der Waals surface area contributed by atoms with Gasteiger partial charge >= 0.3 is 0 Å². The largest absolute Gasteiger partial charge is 0.320 e. The smallest absolute Gasteiger partial charge is 0.0646 e. The predicted molar refractivity (Wildman–Crippen MR) is 70.9 cm³/mol. The third-order valence-electron chi connectivity index (χ3n) is 2.81. The molecule has 0 radical (unpaired) electrons. The van der Waals surface area contributed by atoms with E-state index in [2.05, 4.69) is 50.2 Å². The molecule has 1 aromatic heterocycles. The minimum atomic E-state index is 0.0182. The van der Waals surface area contributed by atoms with E-state index >= 15 is 0 Å². The highest BCUT2D eigenvalue weighted by atomic mass is 32.1. The first-order valence-electron chi connectivity index (χ1n) is 5.61. The van der Waals surface area contributed by atoms with E-state index in [4.69, 9.17) is 5.73 Å². The van der Waals surface area contributed by atoms with E-state index in [9.17, 15) is 0 Å². The molecule has 2 heteroatoms. The minimum absolute atomic E-state index is 0.0182. The maximum Gasteiger partial charge on any atom is 0.0646 e. The lowest BCUT2D eigenvalue weighted by Gasteiger charge is -2.10. The Labute approximate surface area is 101 Å². The first kappa shape index (κ1) is 11.4. The number of benzene rings is 1. The van der Waals surface area contributed by atoms with Gasteiger partial charge in [0.1, 0.15) is 0 Å². The van der Waals surface area contributed by atoms with Crippen molar-refractivity contribution >= 4 is 11.3 Å². The number of hydrogen-bond donors (Lipinski definition) is 1. The van der Waals surface area contributed by atoms with Crippen molar-refractivity contribution in [3.8, 4) is 0 Å². The van der Waals surface area contributed by atoms with E-state index in [0.29, 0.717) is 0 Å². The fraction of sp³-hybridized carbons (Fsp3) is 0.286. The fourth-order valence-electron chi connectivity index (χ4n) is 1.75. The molecule has 0 fully saturated rings. The third-order valence-corrected chi connectivity index (χ3v) is 3.90. The normalized spacial score (nSPS) is 12.7. The number of rotatable bonds is 3. The van der Waals surface area contributed by atoms with Crippen LogP contribution < -0.4 is 5.73 Å². The molecule has 0 spiro atoms. The molecule has 1 aromatic carbocycles. The van der Waals surface area contributed by atoms with Gasteiger partial charge in [0.2, 0.25) is 0 Å². The van der Waals surface area contributed by atoms with Gasteiger partial charge in [0, 0.05) is 9.75 Å². The van der Waals surface area contributed by atoms with Gasteiger partial charge in [-0.1, -0.05) is 31.2 Å². The molecule has 0 bridgehead atoms. The summed E-state index contributed by atoms with van der Waals surface area (Å²) in [5.74, 6) is 0. The van der Waals surface area contributed by atoms with Crippen LogP contribution in [0.1, 0.15) is 33.8 Å². The summed E-state index contributed by atoms with van der Waals surface area (Å²) in [4.78, 5) is 2.55. The van der Waals surface area contributed by atoms with Gasteiger partial charge in [0.05, 0.1) is 6.04 Å². The second-order valence-electron chi connectivity index (χ2n) is 4.02. The van der Waals surface area contributed by atoms with Gasteiger partial charge in [0.25, 0.3) is 0 Å². The van der Waals surface area contributed by atoms with Crippen molar-refractivity contribution in [2.45, 2.75) is 26.3 Å². The molecule has 0 saturated heterocycles. The SMILES string of the molecule is CCc1ccc(C(N)c2ccc(C)s2)cc1. The van der Waals surface area contributed by atoms with Gasteiger partial charge in [-0.25, -0.2) is 0 Å². The molecule has 0 saturated carbocycles. The Hall–Kier alpha value is -1.12. The number of nitrogens with two attached hydrogens (primary N) is 1. The summed E-state index contributed by atoms with van der Waals surface area (Å²) in [6, 6.07) is 12.9. The summed E-state index contributed by atoms with van der Waals surface area (Å²) >= 11 is 1.78. The quantitative estimate of drug-likeness (QED) is 0.857. The molecule has 0 aliphatic carbocycles. The van der Waals surface area contributed by atoms with Crippen molar-refractivity contribution in [2.24, 2.45) is 5.73 Å². The zero-order valence-electron chi connectivity index (χ0n) is 9.73. The fourth-order valence-corrected chi connectivity index (χ4v) is 2.65. The van der Waals surface area contributed by atoms with Crippen LogP contribution in [-0.4, -0.2) is 0 Å². The highest BCUT2D eigenvalue weighted by molar-refractivity contribution is 7.12. The maximum absolute atomic E-state index is 6.23. The second kappa shape index (κ2) is 4.81. The summed E-state index contributed by atoms with van der Waals surface area (Å²) in [5, 5.41) is 0. The monoisotopic (exact) mass is 231 g/mol. The molecular weight excluding hydrogens is 214 g/mol. The molecule has 0 aliphatic heterocycles. The predicted octanol–water partition coefficient (Wildman–Crippen LogP) is 3.67. The highest BCUT2D eigenvalue weighted by Crippen LogP contribution is 2.26. The molecule has 1 nitrogen and oxygen atoms in total. The van der Waals surface area contributed by atoms with Crippen molar-refractivity contribution < 1.29 is 0 Å². The zero-order valence-corrected chi connectivity index (χ0v) is 10.6. The van der Waals surface area contributed by atoms with Crippen LogP contribution in [0.15, 0.2) is 36.4 Å². The molecule has 0 amide bonds. The van der Waals surface area contributed by atoms with E-state index in [0.717, 1.165) is 6.42 Å². The number of aryl methyl sites for hydroxylation is 2. The molecule has 1 unspecified atom stereocenters. The lowest BCUT2D eigenvalue weighted by atomic mass is 10.0. The molecule has 1 atom stereocenters. The van der Waals surface area contributed by atoms with Gasteiger partial charge in [0.15, 0.2) is 0 Å². The van der Waals surface area contributed by atoms with Gasteiger partial charge in [-0.3, -0.25) is 0 Å². The van der Waals surface area contributed by atoms with Crippen molar-refractivity contribution in [3.05, 3.63) is 57.3 Å². The summed E-state index contributed by atoms with van der Waals surface area (Å²) in [6.45, 7) is 4.28. The van der Waals surface area contributed by atoms with Crippen molar-refractivity contribution in [1.29, 1.82) is 0 Å². The average Bonchev–Trinajstić information content (AvgIpc) is 2.75. The van der Waals surface area contributed by atoms with Gasteiger partial charge < -0.3 is 5.73 Å². The minimum Gasteiger partial charge on any atom is -0.320 e. The Bertz CT molecular complexity index is 456. The summed E-state index contributed by atoms with van der Waals surface area (Å²) < 4.78 is 0. The van der Waals surface area contributed by atoms with E-state index in [1.54, 1.807) is 11.3 Å². The van der Waals surface area contributed by atoms with Crippen LogP contribution in [0.25, 0.3) is 0 Å². The Morgan fingerprint density at radius 1 is 1.12 bits per heavy atom.